The van der Waals surface area contributed by atoms with E-state index in [1.807, 2.05) is 28.8 Å². The molecule has 0 aliphatic carbocycles. The molecule has 0 saturated carbocycles. The highest BCUT2D eigenvalue weighted by molar-refractivity contribution is 8.47. The Bertz CT molecular complexity index is 1560. The maximum Gasteiger partial charge on any atom is 0.478 e. The summed E-state index contributed by atoms with van der Waals surface area (Å²) in [5.41, 5.74) is 8.13. The molecule has 11 nitrogen and oxygen atoms in total. The summed E-state index contributed by atoms with van der Waals surface area (Å²) < 4.78 is 41.9. The first-order valence-electron chi connectivity index (χ1n) is 15.5. The third kappa shape index (κ3) is 7.37. The molecular weight excluding hydrogens is 681 g/mol. The summed E-state index contributed by atoms with van der Waals surface area (Å²) in [5, 5.41) is 0.486. The number of nitrogen functional groups attached to an aromatic ring is 1. The normalized spacial score (nSPS) is 28.0. The first-order chi connectivity index (χ1) is 21.2. The van der Waals surface area contributed by atoms with E-state index in [0.29, 0.717) is 28.6 Å². The van der Waals surface area contributed by atoms with Crippen molar-refractivity contribution in [2.24, 2.45) is 0 Å². The largest absolute Gasteiger partial charge is 0.478 e. The van der Waals surface area contributed by atoms with Crippen molar-refractivity contribution in [2.75, 3.05) is 18.9 Å². The van der Waals surface area contributed by atoms with Gasteiger partial charge < -0.3 is 19.3 Å². The molecule has 0 bridgehead atoms. The van der Waals surface area contributed by atoms with Crippen molar-refractivity contribution in [1.29, 1.82) is 0 Å². The Morgan fingerprint density at radius 1 is 1.02 bits per heavy atom. The van der Waals surface area contributed by atoms with E-state index in [2.05, 4.69) is 82.7 Å². The lowest BCUT2D eigenvalue weighted by atomic mass is 10.1. The number of aromatic nitrogens is 4. The van der Waals surface area contributed by atoms with E-state index in [1.165, 1.54) is 6.33 Å². The second-order valence-electron chi connectivity index (χ2n) is 15.0. The number of nitrogens with zero attached hydrogens (tertiary/aromatic N) is 4. The molecule has 0 radical (unpaired) electrons. The molecule has 5 rings (SSSR count). The minimum Gasteiger partial charge on any atom is -0.408 e. The number of anilines is 1. The number of hydrogen-bond acceptors (Lipinski definition) is 11. The Morgan fingerprint density at radius 2 is 1.67 bits per heavy atom. The van der Waals surface area contributed by atoms with Gasteiger partial charge in [0.05, 0.1) is 18.6 Å². The molecule has 2 unspecified atom stereocenters. The lowest BCUT2D eigenvalue weighted by molar-refractivity contribution is -0.0469. The highest BCUT2D eigenvalue weighted by Gasteiger charge is 2.58. The van der Waals surface area contributed by atoms with E-state index < -0.39 is 48.3 Å². The summed E-state index contributed by atoms with van der Waals surface area (Å²) in [6.07, 6.45) is 0.597. The summed E-state index contributed by atoms with van der Waals surface area (Å²) >= 11 is 11.0. The fourth-order valence-electron chi connectivity index (χ4n) is 4.91. The summed E-state index contributed by atoms with van der Waals surface area (Å²) in [7, 11) is -7.70. The third-order valence-corrected chi connectivity index (χ3v) is 21.3. The van der Waals surface area contributed by atoms with E-state index in [-0.39, 0.29) is 22.8 Å². The van der Waals surface area contributed by atoms with Crippen molar-refractivity contribution in [3.05, 3.63) is 47.5 Å². The topological polar surface area (TPSA) is 125 Å². The smallest absolute Gasteiger partial charge is 0.408 e. The van der Waals surface area contributed by atoms with Crippen LogP contribution in [-0.2, 0) is 27.2 Å². The molecule has 0 amide bonds. The standard InChI is InChI=1S/C30H48ClN5O6PSSi2/c1-29(2,3)45(7,8)41-24-22(16-38-43(44)37-15-21(40-43)19-12-11-13-20(31)14-19)39-28(25(24)42-46(9,10)30(4,5)6)36-18-35-23-26(32)33-17-34-27(23)36/h11-14,17-18,21-22,24-25,28,44H,15-16H2,1-10H3,(H2,32,33,34)/q+1/t21?,22-,24-,25-,28-,43?/m1/s1. The van der Waals surface area contributed by atoms with Crippen molar-refractivity contribution in [3.8, 4) is 0 Å². The summed E-state index contributed by atoms with van der Waals surface area (Å²) in [6, 6.07) is 7.52. The lowest BCUT2D eigenvalue weighted by Crippen LogP contribution is -2.54. The van der Waals surface area contributed by atoms with E-state index in [4.69, 9.17) is 56.7 Å². The average molecular weight is 729 g/mol. The molecule has 4 heterocycles. The first kappa shape index (κ1) is 36.1. The lowest BCUT2D eigenvalue weighted by Gasteiger charge is -2.44. The van der Waals surface area contributed by atoms with Crippen molar-refractivity contribution < 1.29 is 27.2 Å². The van der Waals surface area contributed by atoms with E-state index >= 15 is 0 Å². The predicted molar refractivity (Wildman–Crippen MR) is 191 cm³/mol. The SMILES string of the molecule is CC(C)(C)[Si](C)(C)O[C@@H]1[C@H](O[Si](C)(C)C(C)(C)C)[C@@H](CO[P+]2(S)OCC(c3cccc(Cl)c3)O2)O[C@H]1n1cnc2c(N)ncnc21. The van der Waals surface area contributed by atoms with Gasteiger partial charge in [0.2, 0.25) is 0 Å². The maximum atomic E-state index is 7.21. The number of rotatable bonds is 9. The quantitative estimate of drug-likeness (QED) is 0.127. The zero-order valence-electron chi connectivity index (χ0n) is 28.4. The Balaban J connectivity index is 1.50. The molecule has 2 saturated heterocycles. The molecule has 1 aromatic carbocycles. The number of benzene rings is 1. The molecule has 46 heavy (non-hydrogen) atoms. The van der Waals surface area contributed by atoms with Gasteiger partial charge in [0, 0.05) is 5.02 Å². The highest BCUT2D eigenvalue weighted by atomic mass is 35.5. The zero-order chi connectivity index (χ0) is 33.9. The summed E-state index contributed by atoms with van der Waals surface area (Å²) in [5.74, 6) is 0.296. The number of imidazole rings is 1. The Hall–Kier alpha value is -1.17. The van der Waals surface area contributed by atoms with Crippen LogP contribution in [0.4, 0.5) is 5.82 Å². The number of thiol groups is 1. The van der Waals surface area contributed by atoms with Crippen LogP contribution in [0.5, 0.6) is 0 Å². The van der Waals surface area contributed by atoms with Gasteiger partial charge in [0.15, 0.2) is 40.4 Å². The zero-order valence-corrected chi connectivity index (χ0v) is 32.9. The second-order valence-corrected chi connectivity index (χ2v) is 28.1. The van der Waals surface area contributed by atoms with Crippen LogP contribution in [0.2, 0.25) is 41.3 Å². The first-order valence-corrected chi connectivity index (χ1v) is 24.4. The van der Waals surface area contributed by atoms with Crippen LogP contribution in [0, 0.1) is 0 Å². The summed E-state index contributed by atoms with van der Waals surface area (Å²) in [6.45, 7) is 22.6. The third-order valence-electron chi connectivity index (χ3n) is 9.69. The van der Waals surface area contributed by atoms with Crippen LogP contribution in [0.1, 0.15) is 59.4 Å². The van der Waals surface area contributed by atoms with Crippen LogP contribution in [0.25, 0.3) is 11.2 Å². The highest BCUT2D eigenvalue weighted by Crippen LogP contribution is 2.73. The van der Waals surface area contributed by atoms with Gasteiger partial charge in [-0.3, -0.25) is 4.57 Å². The molecule has 2 aliphatic heterocycles. The molecule has 2 aromatic heterocycles. The van der Waals surface area contributed by atoms with E-state index in [9.17, 15) is 0 Å². The van der Waals surface area contributed by atoms with Gasteiger partial charge in [0.25, 0.3) is 0 Å². The fourth-order valence-corrected chi connectivity index (χ4v) is 9.81. The molecule has 2 fully saturated rings. The average Bonchev–Trinajstić information content (AvgIpc) is 3.63. The predicted octanol–water partition coefficient (Wildman–Crippen LogP) is 8.15. The molecule has 16 heteroatoms. The molecule has 0 spiro atoms. The minimum absolute atomic E-state index is 0.0684. The number of ether oxygens (including phenoxy) is 1. The van der Waals surface area contributed by atoms with Crippen LogP contribution in [-0.4, -0.2) is 67.7 Å². The molecule has 6 atom stereocenters. The van der Waals surface area contributed by atoms with Gasteiger partial charge in [-0.15, -0.1) is 0 Å². The van der Waals surface area contributed by atoms with Crippen molar-refractivity contribution in [2.45, 2.75) is 108 Å². The minimum atomic E-state index is -2.99. The van der Waals surface area contributed by atoms with Crippen LogP contribution in [0.15, 0.2) is 36.9 Å². The Labute approximate surface area is 285 Å². The molecule has 3 aromatic rings. The van der Waals surface area contributed by atoms with Gasteiger partial charge in [-0.05, 0) is 54.0 Å². The molecule has 2 N–H and O–H groups in total. The number of fused-ring (bicyclic) bond motifs is 1. The van der Waals surface area contributed by atoms with Crippen molar-refractivity contribution in [1.82, 2.24) is 19.5 Å². The van der Waals surface area contributed by atoms with Crippen molar-refractivity contribution >= 4 is 64.6 Å². The Morgan fingerprint density at radius 3 is 2.30 bits per heavy atom. The number of nitrogens with two attached hydrogens (primary N) is 1. The van der Waals surface area contributed by atoms with Crippen LogP contribution >= 0.6 is 31.0 Å². The second kappa shape index (κ2) is 12.9. The van der Waals surface area contributed by atoms with Crippen molar-refractivity contribution in [3.63, 3.8) is 0 Å². The monoisotopic (exact) mass is 728 g/mol. The van der Waals surface area contributed by atoms with E-state index in [1.54, 1.807) is 6.33 Å². The molecule has 254 valence electrons. The van der Waals surface area contributed by atoms with Crippen LogP contribution in [0.3, 0.4) is 0 Å². The fraction of sp³-hybridized carbons (Fsp3) is 0.633. The summed E-state index contributed by atoms with van der Waals surface area (Å²) in [4.78, 5) is 13.2. The van der Waals surface area contributed by atoms with Gasteiger partial charge >= 0.3 is 7.15 Å². The van der Waals surface area contributed by atoms with Gasteiger partial charge in [-0.25, -0.2) is 15.0 Å². The maximum absolute atomic E-state index is 7.21. The van der Waals surface area contributed by atoms with E-state index in [0.717, 1.165) is 5.56 Å². The molecular formula is C30H48ClN5O6PSSi2+. The van der Waals surface area contributed by atoms with Crippen LogP contribution < -0.4 is 5.73 Å². The van der Waals surface area contributed by atoms with Gasteiger partial charge in [0.1, 0.15) is 43.4 Å². The molecule has 2 aliphatic rings. The number of hydrogen-bond donors (Lipinski definition) is 2. The number of halogens is 1. The van der Waals surface area contributed by atoms with Gasteiger partial charge in [-0.2, -0.15) is 13.6 Å². The van der Waals surface area contributed by atoms with Gasteiger partial charge in [-0.1, -0.05) is 65.3 Å². The Kier molecular flexibility index (Phi) is 10.2.